The van der Waals surface area contributed by atoms with Gasteiger partial charge in [-0.05, 0) is 43.9 Å². The highest BCUT2D eigenvalue weighted by molar-refractivity contribution is 5.94. The summed E-state index contributed by atoms with van der Waals surface area (Å²) in [6, 6.07) is 10.8. The summed E-state index contributed by atoms with van der Waals surface area (Å²) in [4.78, 5) is 15.3. The summed E-state index contributed by atoms with van der Waals surface area (Å²) in [5, 5.41) is 11.7. The summed E-state index contributed by atoms with van der Waals surface area (Å²) in [5.74, 6) is 1.76. The second-order valence-electron chi connectivity index (χ2n) is 7.58. The molecule has 2 aliphatic heterocycles. The van der Waals surface area contributed by atoms with Gasteiger partial charge in [-0.2, -0.15) is 0 Å². The van der Waals surface area contributed by atoms with Crippen molar-refractivity contribution < 1.29 is 4.79 Å². The molecule has 1 aromatic carbocycles. The number of aryl methyl sites for hydroxylation is 1. The van der Waals surface area contributed by atoms with Gasteiger partial charge < -0.3 is 14.8 Å². The van der Waals surface area contributed by atoms with Crippen LogP contribution in [0, 0.1) is 6.92 Å². The summed E-state index contributed by atoms with van der Waals surface area (Å²) in [6.07, 6.45) is 9.62. The van der Waals surface area contributed by atoms with Crippen LogP contribution in [0.25, 0.3) is 6.08 Å². The van der Waals surface area contributed by atoms with E-state index in [0.717, 1.165) is 30.2 Å². The van der Waals surface area contributed by atoms with E-state index in [0.29, 0.717) is 12.6 Å². The van der Waals surface area contributed by atoms with Crippen molar-refractivity contribution >= 4 is 12.0 Å². The third-order valence-electron chi connectivity index (χ3n) is 5.85. The van der Waals surface area contributed by atoms with Crippen molar-refractivity contribution in [1.29, 1.82) is 0 Å². The molecule has 0 spiro atoms. The molecule has 2 atom stereocenters. The first-order valence-corrected chi connectivity index (χ1v) is 9.63. The molecule has 1 saturated carbocycles. The topological polar surface area (TPSA) is 63.1 Å². The minimum absolute atomic E-state index is 0.0331. The van der Waals surface area contributed by atoms with Crippen molar-refractivity contribution in [2.75, 3.05) is 0 Å². The maximum absolute atomic E-state index is 13.0. The number of nitrogens with zero attached hydrogens (tertiary/aromatic N) is 4. The van der Waals surface area contributed by atoms with Crippen LogP contribution in [0.15, 0.2) is 48.2 Å². The lowest BCUT2D eigenvalue weighted by atomic mass is 9.93. The third kappa shape index (κ3) is 2.76. The molecule has 5 rings (SSSR count). The Kier molecular flexibility index (Phi) is 3.85. The fourth-order valence-corrected chi connectivity index (χ4v) is 4.19. The number of hydrogen-bond acceptors (Lipinski definition) is 4. The molecule has 2 aromatic rings. The molecule has 3 aliphatic rings. The molecule has 1 amide bonds. The van der Waals surface area contributed by atoms with E-state index in [1.54, 1.807) is 0 Å². The molecule has 27 heavy (non-hydrogen) atoms. The SMILES string of the molecule is Cc1nnc2n1C1C=C(C(=O)NC3CCC3)N(Cc3ccccc3)C1C=C2. The first-order chi connectivity index (χ1) is 13.2. The molecular formula is C21H23N5O. The van der Waals surface area contributed by atoms with Gasteiger partial charge in [0.15, 0.2) is 5.82 Å². The van der Waals surface area contributed by atoms with Gasteiger partial charge in [-0.15, -0.1) is 10.2 Å². The minimum atomic E-state index is 0.0331. The van der Waals surface area contributed by atoms with Crippen LogP contribution in [0.4, 0.5) is 0 Å². The number of rotatable bonds is 4. The molecule has 1 aromatic heterocycles. The lowest BCUT2D eigenvalue weighted by Gasteiger charge is -2.34. The molecule has 0 bridgehead atoms. The third-order valence-corrected chi connectivity index (χ3v) is 5.85. The average Bonchev–Trinajstić information content (AvgIpc) is 3.20. The monoisotopic (exact) mass is 361 g/mol. The largest absolute Gasteiger partial charge is 0.354 e. The van der Waals surface area contributed by atoms with Crippen molar-refractivity contribution in [3.8, 4) is 0 Å². The molecule has 0 saturated heterocycles. The molecule has 1 aliphatic carbocycles. The van der Waals surface area contributed by atoms with E-state index < -0.39 is 0 Å². The van der Waals surface area contributed by atoms with E-state index in [1.165, 1.54) is 12.0 Å². The highest BCUT2D eigenvalue weighted by Gasteiger charge is 2.40. The van der Waals surface area contributed by atoms with Crippen LogP contribution in [0.2, 0.25) is 0 Å². The number of fused-ring (bicyclic) bond motifs is 3. The van der Waals surface area contributed by atoms with Crippen LogP contribution >= 0.6 is 0 Å². The molecule has 1 fully saturated rings. The van der Waals surface area contributed by atoms with Crippen molar-refractivity contribution in [3.05, 3.63) is 65.4 Å². The molecule has 1 N–H and O–H groups in total. The summed E-state index contributed by atoms with van der Waals surface area (Å²) >= 11 is 0. The van der Waals surface area contributed by atoms with E-state index >= 15 is 0 Å². The van der Waals surface area contributed by atoms with E-state index in [2.05, 4.69) is 49.3 Å². The quantitative estimate of drug-likeness (QED) is 0.909. The zero-order valence-corrected chi connectivity index (χ0v) is 15.4. The standard InChI is InChI=1S/C21H23N5O/c1-14-23-24-20-11-10-17-18(26(14)20)12-19(21(27)22-16-8-5-9-16)25(17)13-15-6-3-2-4-7-15/h2-4,6-7,10-12,16-18H,5,8-9,13H2,1H3,(H,22,27). The van der Waals surface area contributed by atoms with Crippen molar-refractivity contribution in [2.45, 2.75) is 50.9 Å². The predicted molar refractivity (Wildman–Crippen MR) is 102 cm³/mol. The zero-order valence-electron chi connectivity index (χ0n) is 15.4. The molecule has 6 heteroatoms. The van der Waals surface area contributed by atoms with Gasteiger partial charge in [-0.3, -0.25) is 4.79 Å². The molecule has 138 valence electrons. The van der Waals surface area contributed by atoms with Crippen LogP contribution in [-0.2, 0) is 11.3 Å². The van der Waals surface area contributed by atoms with Crippen LogP contribution in [0.1, 0.15) is 42.5 Å². The highest BCUT2D eigenvalue weighted by atomic mass is 16.2. The Bertz CT molecular complexity index is 925. The Hall–Kier alpha value is -2.89. The van der Waals surface area contributed by atoms with Gasteiger partial charge in [0.2, 0.25) is 0 Å². The summed E-state index contributed by atoms with van der Waals surface area (Å²) < 4.78 is 2.13. The van der Waals surface area contributed by atoms with E-state index in [4.69, 9.17) is 0 Å². The van der Waals surface area contributed by atoms with Gasteiger partial charge in [-0.25, -0.2) is 0 Å². The van der Waals surface area contributed by atoms with Gasteiger partial charge in [0.25, 0.3) is 5.91 Å². The fraction of sp³-hybridized carbons (Fsp3) is 0.381. The van der Waals surface area contributed by atoms with Crippen LogP contribution in [0.5, 0.6) is 0 Å². The Morgan fingerprint density at radius 3 is 2.74 bits per heavy atom. The smallest absolute Gasteiger partial charge is 0.267 e. The van der Waals surface area contributed by atoms with Gasteiger partial charge in [0.1, 0.15) is 11.5 Å². The number of carbonyl (C=O) groups is 1. The Balaban J connectivity index is 1.50. The van der Waals surface area contributed by atoms with Crippen molar-refractivity contribution in [1.82, 2.24) is 25.0 Å². The lowest BCUT2D eigenvalue weighted by molar-refractivity contribution is -0.120. The predicted octanol–water partition coefficient (Wildman–Crippen LogP) is 2.59. The number of nitrogens with one attached hydrogen (secondary N) is 1. The number of aromatic nitrogens is 3. The Labute approximate surface area is 158 Å². The lowest BCUT2D eigenvalue weighted by Crippen LogP contribution is -2.44. The molecular weight excluding hydrogens is 338 g/mol. The number of amides is 1. The first kappa shape index (κ1) is 16.3. The fourth-order valence-electron chi connectivity index (χ4n) is 4.19. The van der Waals surface area contributed by atoms with Gasteiger partial charge in [0, 0.05) is 12.6 Å². The first-order valence-electron chi connectivity index (χ1n) is 9.63. The van der Waals surface area contributed by atoms with Crippen molar-refractivity contribution in [3.63, 3.8) is 0 Å². The molecule has 2 unspecified atom stereocenters. The number of hydrogen-bond donors (Lipinski definition) is 1. The van der Waals surface area contributed by atoms with Gasteiger partial charge in [-0.1, -0.05) is 36.4 Å². The van der Waals surface area contributed by atoms with Gasteiger partial charge in [0.05, 0.1) is 12.1 Å². The number of benzene rings is 1. The van der Waals surface area contributed by atoms with Crippen LogP contribution in [-0.4, -0.2) is 37.7 Å². The summed E-state index contributed by atoms with van der Waals surface area (Å²) in [5.41, 5.74) is 1.95. The van der Waals surface area contributed by atoms with Gasteiger partial charge >= 0.3 is 0 Å². The van der Waals surface area contributed by atoms with E-state index in [9.17, 15) is 4.79 Å². The Morgan fingerprint density at radius 2 is 2.00 bits per heavy atom. The Morgan fingerprint density at radius 1 is 1.19 bits per heavy atom. The molecule has 3 heterocycles. The minimum Gasteiger partial charge on any atom is -0.354 e. The maximum atomic E-state index is 13.0. The van der Waals surface area contributed by atoms with Crippen LogP contribution in [0.3, 0.4) is 0 Å². The van der Waals surface area contributed by atoms with Crippen LogP contribution < -0.4 is 5.32 Å². The van der Waals surface area contributed by atoms with Crippen molar-refractivity contribution in [2.24, 2.45) is 0 Å². The zero-order chi connectivity index (χ0) is 18.4. The highest BCUT2D eigenvalue weighted by Crippen LogP contribution is 2.38. The van der Waals surface area contributed by atoms with E-state index in [1.807, 2.05) is 31.2 Å². The summed E-state index contributed by atoms with van der Waals surface area (Å²) in [6.45, 7) is 2.67. The molecule has 0 radical (unpaired) electrons. The second-order valence-corrected chi connectivity index (χ2v) is 7.58. The normalized spacial score (nSPS) is 23.4. The number of carbonyl (C=O) groups excluding carboxylic acids is 1. The maximum Gasteiger partial charge on any atom is 0.267 e. The van der Waals surface area contributed by atoms with E-state index in [-0.39, 0.29) is 18.0 Å². The summed E-state index contributed by atoms with van der Waals surface area (Å²) in [7, 11) is 0. The average molecular weight is 361 g/mol. The second kappa shape index (κ2) is 6.37. The molecule has 6 nitrogen and oxygen atoms in total.